The summed E-state index contributed by atoms with van der Waals surface area (Å²) in [5.41, 5.74) is 6.15. The van der Waals surface area contributed by atoms with Gasteiger partial charge in [-0.3, -0.25) is 5.43 Å². The van der Waals surface area contributed by atoms with Gasteiger partial charge in [0.05, 0.1) is 0 Å². The molecule has 0 amide bonds. The third kappa shape index (κ3) is 1.29. The van der Waals surface area contributed by atoms with Crippen molar-refractivity contribution in [3.63, 3.8) is 0 Å². The quantitative estimate of drug-likeness (QED) is 0.607. The molecule has 0 aliphatic rings. The molecule has 0 saturated heterocycles. The van der Waals surface area contributed by atoms with E-state index in [-0.39, 0.29) is 0 Å². The molecule has 0 saturated carbocycles. The number of hydrazine groups is 1. The number of hydrogen-bond acceptors (Lipinski definition) is 4. The second kappa shape index (κ2) is 3.25. The molecule has 0 unspecified atom stereocenters. The Morgan fingerprint density at radius 3 is 2.86 bits per heavy atom. The number of oxazole rings is 1. The van der Waals surface area contributed by atoms with Crippen LogP contribution in [0.2, 0.25) is 0 Å². The van der Waals surface area contributed by atoms with E-state index >= 15 is 0 Å². The van der Waals surface area contributed by atoms with E-state index in [1.54, 1.807) is 0 Å². The van der Waals surface area contributed by atoms with Gasteiger partial charge >= 0.3 is 6.01 Å². The van der Waals surface area contributed by atoms with Crippen molar-refractivity contribution in [1.29, 1.82) is 0 Å². The van der Waals surface area contributed by atoms with Gasteiger partial charge in [-0.1, -0.05) is 15.9 Å². The number of nitrogens with two attached hydrogens (primary N) is 1. The number of nitrogens with zero attached hydrogens (tertiary/aromatic N) is 1. The van der Waals surface area contributed by atoms with E-state index in [2.05, 4.69) is 26.3 Å². The highest BCUT2D eigenvalue weighted by Crippen LogP contribution is 2.30. The van der Waals surface area contributed by atoms with Crippen LogP contribution in [-0.2, 0) is 0 Å². The number of rotatable bonds is 1. The molecule has 4 nitrogen and oxygen atoms in total. The van der Waals surface area contributed by atoms with E-state index in [1.807, 2.05) is 19.9 Å². The Morgan fingerprint density at radius 2 is 2.21 bits per heavy atom. The fourth-order valence-electron chi connectivity index (χ4n) is 1.42. The van der Waals surface area contributed by atoms with Crippen molar-refractivity contribution < 1.29 is 4.42 Å². The summed E-state index contributed by atoms with van der Waals surface area (Å²) in [4.78, 5) is 4.20. The normalized spacial score (nSPS) is 10.9. The number of hydrogen-bond donors (Lipinski definition) is 2. The highest BCUT2D eigenvalue weighted by molar-refractivity contribution is 9.10. The van der Waals surface area contributed by atoms with E-state index in [0.717, 1.165) is 26.7 Å². The van der Waals surface area contributed by atoms with Crippen molar-refractivity contribution in [2.75, 3.05) is 5.43 Å². The Morgan fingerprint density at radius 1 is 1.50 bits per heavy atom. The SMILES string of the molecule is Cc1cc2oc(NN)nc2c(C)c1Br. The molecule has 0 bridgehead atoms. The molecule has 0 aliphatic carbocycles. The minimum Gasteiger partial charge on any atom is -0.423 e. The molecule has 0 radical (unpaired) electrons. The van der Waals surface area contributed by atoms with Gasteiger partial charge in [0.2, 0.25) is 0 Å². The lowest BCUT2D eigenvalue weighted by atomic mass is 10.1. The summed E-state index contributed by atoms with van der Waals surface area (Å²) in [5.74, 6) is 5.22. The molecule has 1 aromatic heterocycles. The summed E-state index contributed by atoms with van der Waals surface area (Å²) in [7, 11) is 0. The molecule has 0 fully saturated rings. The van der Waals surface area contributed by atoms with Gasteiger partial charge in [-0.15, -0.1) is 0 Å². The molecule has 74 valence electrons. The molecule has 2 aromatic rings. The maximum absolute atomic E-state index is 5.37. The summed E-state index contributed by atoms with van der Waals surface area (Å²) >= 11 is 3.50. The van der Waals surface area contributed by atoms with Crippen LogP contribution in [0, 0.1) is 13.8 Å². The summed E-state index contributed by atoms with van der Waals surface area (Å²) in [6.07, 6.45) is 0. The zero-order valence-electron chi connectivity index (χ0n) is 7.89. The Kier molecular flexibility index (Phi) is 2.20. The largest absolute Gasteiger partial charge is 0.423 e. The van der Waals surface area contributed by atoms with Crippen molar-refractivity contribution in [2.45, 2.75) is 13.8 Å². The van der Waals surface area contributed by atoms with E-state index in [1.165, 1.54) is 0 Å². The number of aryl methyl sites for hydroxylation is 2. The molecule has 1 aromatic carbocycles. The third-order valence-corrected chi connectivity index (χ3v) is 3.38. The van der Waals surface area contributed by atoms with Gasteiger partial charge < -0.3 is 4.42 Å². The first-order valence-electron chi connectivity index (χ1n) is 4.16. The number of aromatic nitrogens is 1. The summed E-state index contributed by atoms with van der Waals surface area (Å²) in [6.45, 7) is 4.00. The topological polar surface area (TPSA) is 64.1 Å². The van der Waals surface area contributed by atoms with Gasteiger partial charge in [0.25, 0.3) is 0 Å². The standard InChI is InChI=1S/C9H10BrN3O/c1-4-3-6-8(5(2)7(4)10)12-9(13-11)14-6/h3H,11H2,1-2H3,(H,12,13). The van der Waals surface area contributed by atoms with Crippen LogP contribution in [0.1, 0.15) is 11.1 Å². The second-order valence-corrected chi connectivity index (χ2v) is 3.94. The minimum atomic E-state index is 0.334. The molecule has 0 aliphatic heterocycles. The van der Waals surface area contributed by atoms with Crippen LogP contribution in [0.5, 0.6) is 0 Å². The predicted octanol–water partition coefficient (Wildman–Crippen LogP) is 2.49. The first-order valence-corrected chi connectivity index (χ1v) is 4.95. The average molecular weight is 256 g/mol. The van der Waals surface area contributed by atoms with Gasteiger partial charge in [0.15, 0.2) is 5.58 Å². The molecule has 1 heterocycles. The lowest BCUT2D eigenvalue weighted by Gasteiger charge is -2.01. The number of halogens is 1. The van der Waals surface area contributed by atoms with Gasteiger partial charge in [-0.2, -0.15) is 4.98 Å². The summed E-state index contributed by atoms with van der Waals surface area (Å²) in [5, 5.41) is 0. The van der Waals surface area contributed by atoms with Crippen LogP contribution >= 0.6 is 15.9 Å². The number of nitrogens with one attached hydrogen (secondary N) is 1. The average Bonchev–Trinajstić information content (AvgIpc) is 2.57. The Balaban J connectivity index is 2.81. The Labute approximate surface area is 89.6 Å². The van der Waals surface area contributed by atoms with E-state index in [9.17, 15) is 0 Å². The second-order valence-electron chi connectivity index (χ2n) is 3.14. The number of fused-ring (bicyclic) bond motifs is 1. The van der Waals surface area contributed by atoms with Crippen molar-refractivity contribution >= 4 is 33.0 Å². The van der Waals surface area contributed by atoms with Crippen molar-refractivity contribution in [3.8, 4) is 0 Å². The molecule has 5 heteroatoms. The lowest BCUT2D eigenvalue weighted by molar-refractivity contribution is 0.616. The predicted molar refractivity (Wildman–Crippen MR) is 59.0 cm³/mol. The first-order chi connectivity index (χ1) is 6.63. The lowest BCUT2D eigenvalue weighted by Crippen LogP contribution is -2.06. The minimum absolute atomic E-state index is 0.334. The number of nitrogen functional groups attached to an aromatic ring is 1. The molecular formula is C9H10BrN3O. The molecule has 14 heavy (non-hydrogen) atoms. The van der Waals surface area contributed by atoms with Crippen LogP contribution in [-0.4, -0.2) is 4.98 Å². The maximum atomic E-state index is 5.37. The van der Waals surface area contributed by atoms with Crippen LogP contribution in [0.4, 0.5) is 6.01 Å². The molecule has 3 N–H and O–H groups in total. The van der Waals surface area contributed by atoms with Gasteiger partial charge in [0, 0.05) is 4.47 Å². The molecule has 0 spiro atoms. The van der Waals surface area contributed by atoms with Crippen LogP contribution in [0.25, 0.3) is 11.1 Å². The number of benzene rings is 1. The van der Waals surface area contributed by atoms with E-state index in [4.69, 9.17) is 10.3 Å². The zero-order chi connectivity index (χ0) is 10.3. The molecular weight excluding hydrogens is 246 g/mol. The van der Waals surface area contributed by atoms with E-state index in [0.29, 0.717) is 6.01 Å². The highest BCUT2D eigenvalue weighted by atomic mass is 79.9. The first kappa shape index (κ1) is 9.48. The zero-order valence-corrected chi connectivity index (χ0v) is 9.47. The van der Waals surface area contributed by atoms with Crippen LogP contribution in [0.3, 0.4) is 0 Å². The fourth-order valence-corrected chi connectivity index (χ4v) is 1.72. The fraction of sp³-hybridized carbons (Fsp3) is 0.222. The van der Waals surface area contributed by atoms with Crippen LogP contribution < -0.4 is 11.3 Å². The number of anilines is 1. The van der Waals surface area contributed by atoms with Gasteiger partial charge in [0.1, 0.15) is 5.52 Å². The van der Waals surface area contributed by atoms with Gasteiger partial charge in [-0.25, -0.2) is 5.84 Å². The summed E-state index contributed by atoms with van der Waals surface area (Å²) in [6, 6.07) is 2.26. The van der Waals surface area contributed by atoms with E-state index < -0.39 is 0 Å². The monoisotopic (exact) mass is 255 g/mol. The Bertz CT molecular complexity index is 492. The molecule has 2 rings (SSSR count). The molecule has 0 atom stereocenters. The van der Waals surface area contributed by atoms with Crippen molar-refractivity contribution in [3.05, 3.63) is 21.7 Å². The van der Waals surface area contributed by atoms with Crippen LogP contribution in [0.15, 0.2) is 15.0 Å². The Hall–Kier alpha value is -1.07. The van der Waals surface area contributed by atoms with Gasteiger partial charge in [-0.05, 0) is 31.0 Å². The smallest absolute Gasteiger partial charge is 0.310 e. The third-order valence-electron chi connectivity index (χ3n) is 2.16. The highest BCUT2D eigenvalue weighted by Gasteiger charge is 2.11. The summed E-state index contributed by atoms with van der Waals surface area (Å²) < 4.78 is 6.42. The van der Waals surface area contributed by atoms with Crippen molar-refractivity contribution in [2.24, 2.45) is 5.84 Å². The maximum Gasteiger partial charge on any atom is 0.310 e. The van der Waals surface area contributed by atoms with Crippen molar-refractivity contribution in [1.82, 2.24) is 4.98 Å².